The van der Waals surface area contributed by atoms with E-state index in [0.29, 0.717) is 0 Å². The third kappa shape index (κ3) is 1.86. The number of hydrogen-bond donors (Lipinski definition) is 5. The molecule has 0 bridgehead atoms. The third-order valence-electron chi connectivity index (χ3n) is 2.22. The first-order chi connectivity index (χ1) is 6.49. The monoisotopic (exact) mass is 208 g/mol. The van der Waals surface area contributed by atoms with Gasteiger partial charge in [0.15, 0.2) is 12.4 Å². The van der Waals surface area contributed by atoms with Gasteiger partial charge in [0.2, 0.25) is 0 Å². The lowest BCUT2D eigenvalue weighted by Crippen LogP contribution is -2.57. The van der Waals surface area contributed by atoms with Crippen LogP contribution in [0.25, 0.3) is 0 Å². The van der Waals surface area contributed by atoms with E-state index in [1.807, 2.05) is 0 Å². The van der Waals surface area contributed by atoms with Crippen LogP contribution in [0.1, 0.15) is 0 Å². The normalized spacial score (nSPS) is 43.6. The Morgan fingerprint density at radius 2 is 1.79 bits per heavy atom. The van der Waals surface area contributed by atoms with Gasteiger partial charge in [-0.1, -0.05) is 0 Å². The number of carboxylic acids is 1. The van der Waals surface area contributed by atoms with Crippen LogP contribution in [0.2, 0.25) is 0 Å². The third-order valence-corrected chi connectivity index (χ3v) is 2.22. The van der Waals surface area contributed by atoms with E-state index >= 15 is 0 Å². The van der Waals surface area contributed by atoms with Crippen molar-refractivity contribution in [3.05, 3.63) is 0 Å². The van der Waals surface area contributed by atoms with E-state index < -0.39 is 43.1 Å². The first-order valence-corrected chi connectivity index (χ1v) is 4.02. The number of carboxylic acid groups (broad SMARTS) is 1. The van der Waals surface area contributed by atoms with Gasteiger partial charge in [0.25, 0.3) is 0 Å². The molecule has 7 heteroatoms. The van der Waals surface area contributed by atoms with Gasteiger partial charge in [-0.05, 0) is 0 Å². The second-order valence-electron chi connectivity index (χ2n) is 3.11. The standard InChI is InChI=1S/C7H12O7/c8-1-2-3(9)5(6(11)12)14-7(13)4(2)10/h2-5,7-10,13H,1H2,(H,11,12). The average molecular weight is 208 g/mol. The Bertz CT molecular complexity index is 218. The molecule has 0 saturated carbocycles. The first kappa shape index (κ1) is 11.3. The molecule has 1 rings (SSSR count). The van der Waals surface area contributed by atoms with Crippen LogP contribution < -0.4 is 0 Å². The summed E-state index contributed by atoms with van der Waals surface area (Å²) in [7, 11) is 0. The minimum Gasteiger partial charge on any atom is -0.479 e. The van der Waals surface area contributed by atoms with E-state index in [0.717, 1.165) is 0 Å². The van der Waals surface area contributed by atoms with Gasteiger partial charge >= 0.3 is 5.97 Å². The molecule has 0 aromatic carbocycles. The van der Waals surface area contributed by atoms with Gasteiger partial charge in [0.1, 0.15) is 6.10 Å². The number of rotatable bonds is 2. The van der Waals surface area contributed by atoms with Crippen molar-refractivity contribution in [1.82, 2.24) is 0 Å². The molecule has 5 atom stereocenters. The first-order valence-electron chi connectivity index (χ1n) is 4.02. The molecule has 1 heterocycles. The molecular formula is C7H12O7. The van der Waals surface area contributed by atoms with Crippen LogP contribution in [-0.2, 0) is 9.53 Å². The second-order valence-corrected chi connectivity index (χ2v) is 3.11. The van der Waals surface area contributed by atoms with E-state index in [1.54, 1.807) is 0 Å². The van der Waals surface area contributed by atoms with Gasteiger partial charge in [-0.25, -0.2) is 4.79 Å². The van der Waals surface area contributed by atoms with Crippen LogP contribution in [0.15, 0.2) is 0 Å². The Morgan fingerprint density at radius 3 is 2.21 bits per heavy atom. The Hall–Kier alpha value is -0.730. The maximum Gasteiger partial charge on any atom is 0.335 e. The largest absolute Gasteiger partial charge is 0.479 e. The predicted octanol–water partition coefficient (Wildman–Crippen LogP) is -2.88. The molecule has 0 aromatic rings. The van der Waals surface area contributed by atoms with E-state index in [9.17, 15) is 15.0 Å². The van der Waals surface area contributed by atoms with Crippen LogP contribution in [0, 0.1) is 5.92 Å². The number of carbonyl (C=O) groups is 1. The van der Waals surface area contributed by atoms with Crippen molar-refractivity contribution in [2.24, 2.45) is 5.92 Å². The van der Waals surface area contributed by atoms with Gasteiger partial charge in [-0.15, -0.1) is 0 Å². The summed E-state index contributed by atoms with van der Waals surface area (Å²) in [5.74, 6) is -2.58. The quantitative estimate of drug-likeness (QED) is 0.329. The van der Waals surface area contributed by atoms with Crippen molar-refractivity contribution < 1.29 is 35.1 Å². The summed E-state index contributed by atoms with van der Waals surface area (Å²) in [4.78, 5) is 10.5. The van der Waals surface area contributed by atoms with Crippen molar-refractivity contribution >= 4 is 5.97 Å². The SMILES string of the molecule is O=C(O)C1OC(O)C(O)C(CO)C1O. The minimum absolute atomic E-state index is 0.632. The van der Waals surface area contributed by atoms with Crippen molar-refractivity contribution in [3.63, 3.8) is 0 Å². The van der Waals surface area contributed by atoms with Gasteiger partial charge in [-0.2, -0.15) is 0 Å². The molecule has 0 radical (unpaired) electrons. The van der Waals surface area contributed by atoms with E-state index in [2.05, 4.69) is 4.74 Å². The number of aliphatic hydroxyl groups is 4. The lowest BCUT2D eigenvalue weighted by Gasteiger charge is -2.38. The van der Waals surface area contributed by atoms with Gasteiger partial charge in [-0.3, -0.25) is 0 Å². The fourth-order valence-electron chi connectivity index (χ4n) is 1.37. The number of ether oxygens (including phenoxy) is 1. The Labute approximate surface area is 79.2 Å². The van der Waals surface area contributed by atoms with E-state index in [-0.39, 0.29) is 0 Å². The average Bonchev–Trinajstić information content (AvgIpc) is 2.12. The van der Waals surface area contributed by atoms with Crippen molar-refractivity contribution in [2.45, 2.75) is 24.6 Å². The number of aliphatic hydroxyl groups excluding tert-OH is 4. The molecule has 5 N–H and O–H groups in total. The summed E-state index contributed by atoms with van der Waals surface area (Å²) in [6.45, 7) is -0.632. The Balaban J connectivity index is 2.80. The molecule has 0 aliphatic carbocycles. The van der Waals surface area contributed by atoms with E-state index in [1.165, 1.54) is 0 Å². The van der Waals surface area contributed by atoms with Gasteiger partial charge < -0.3 is 30.3 Å². The lowest BCUT2D eigenvalue weighted by atomic mass is 9.89. The molecule has 0 aromatic heterocycles. The maximum absolute atomic E-state index is 10.5. The molecule has 0 amide bonds. The molecular weight excluding hydrogens is 196 g/mol. The number of hydrogen-bond acceptors (Lipinski definition) is 6. The summed E-state index contributed by atoms with van der Waals surface area (Å²) >= 11 is 0. The highest BCUT2D eigenvalue weighted by molar-refractivity contribution is 5.73. The Kier molecular flexibility index (Phi) is 3.40. The predicted molar refractivity (Wildman–Crippen MR) is 41.1 cm³/mol. The molecule has 1 saturated heterocycles. The highest BCUT2D eigenvalue weighted by atomic mass is 16.6. The summed E-state index contributed by atoms with van der Waals surface area (Å²) < 4.78 is 4.45. The second kappa shape index (κ2) is 4.20. The summed E-state index contributed by atoms with van der Waals surface area (Å²) in [6, 6.07) is 0. The topological polar surface area (TPSA) is 127 Å². The van der Waals surface area contributed by atoms with Gasteiger partial charge in [0.05, 0.1) is 12.7 Å². The molecule has 5 unspecified atom stereocenters. The molecule has 82 valence electrons. The fourth-order valence-corrected chi connectivity index (χ4v) is 1.37. The van der Waals surface area contributed by atoms with Crippen LogP contribution in [0.4, 0.5) is 0 Å². The van der Waals surface area contributed by atoms with E-state index in [4.69, 9.17) is 15.3 Å². The van der Waals surface area contributed by atoms with Crippen LogP contribution in [-0.4, -0.2) is 62.7 Å². The highest BCUT2D eigenvalue weighted by Crippen LogP contribution is 2.24. The van der Waals surface area contributed by atoms with Crippen molar-refractivity contribution in [1.29, 1.82) is 0 Å². The molecule has 1 fully saturated rings. The van der Waals surface area contributed by atoms with Gasteiger partial charge in [0, 0.05) is 5.92 Å². The Morgan fingerprint density at radius 1 is 1.21 bits per heavy atom. The van der Waals surface area contributed by atoms with Crippen LogP contribution >= 0.6 is 0 Å². The van der Waals surface area contributed by atoms with Crippen LogP contribution in [0.5, 0.6) is 0 Å². The number of aliphatic carboxylic acids is 1. The zero-order valence-electron chi connectivity index (χ0n) is 7.15. The zero-order chi connectivity index (χ0) is 10.9. The lowest BCUT2D eigenvalue weighted by molar-refractivity contribution is -0.271. The maximum atomic E-state index is 10.5. The molecule has 0 spiro atoms. The summed E-state index contributed by atoms with van der Waals surface area (Å²) in [5, 5.41) is 45.0. The summed E-state index contributed by atoms with van der Waals surface area (Å²) in [6.07, 6.45) is -6.39. The highest BCUT2D eigenvalue weighted by Gasteiger charge is 2.46. The van der Waals surface area contributed by atoms with Crippen molar-refractivity contribution in [2.75, 3.05) is 6.61 Å². The summed E-state index contributed by atoms with van der Waals surface area (Å²) in [5.41, 5.74) is 0. The minimum atomic E-state index is -1.71. The molecule has 1 aliphatic rings. The van der Waals surface area contributed by atoms with Crippen LogP contribution in [0.3, 0.4) is 0 Å². The van der Waals surface area contributed by atoms with Crippen molar-refractivity contribution in [3.8, 4) is 0 Å². The smallest absolute Gasteiger partial charge is 0.335 e. The fraction of sp³-hybridized carbons (Fsp3) is 0.857. The molecule has 14 heavy (non-hydrogen) atoms. The molecule has 1 aliphatic heterocycles. The molecule has 7 nitrogen and oxygen atoms in total. The zero-order valence-corrected chi connectivity index (χ0v) is 7.15.